The third-order valence-corrected chi connectivity index (χ3v) is 7.32. The molecule has 3 aromatic carbocycles. The van der Waals surface area contributed by atoms with Crippen molar-refractivity contribution < 1.29 is 14.3 Å². The van der Waals surface area contributed by atoms with Gasteiger partial charge in [-0.3, -0.25) is 9.59 Å². The third kappa shape index (κ3) is 4.99. The zero-order valence-electron chi connectivity index (χ0n) is 21.2. The SMILES string of the molecule is CC(C)(C)c1ccc(C2CC(=O)C3=C(C2)NC(=O)CC3c2ccccc2OCc2ccccc2)cc1. The Bertz CT molecular complexity index is 1300. The van der Waals surface area contributed by atoms with Crippen LogP contribution >= 0.6 is 0 Å². The number of nitrogens with one attached hydrogen (secondary N) is 1. The van der Waals surface area contributed by atoms with Crippen LogP contribution in [0.15, 0.2) is 90.1 Å². The molecule has 1 amide bonds. The molecule has 0 saturated heterocycles. The van der Waals surface area contributed by atoms with Gasteiger partial charge in [0, 0.05) is 35.6 Å². The van der Waals surface area contributed by atoms with Crippen molar-refractivity contribution in [2.75, 3.05) is 0 Å². The van der Waals surface area contributed by atoms with Crippen LogP contribution in [-0.2, 0) is 21.6 Å². The first-order chi connectivity index (χ1) is 17.3. The largest absolute Gasteiger partial charge is 0.489 e. The Hall–Kier alpha value is -3.66. The summed E-state index contributed by atoms with van der Waals surface area (Å²) in [4.78, 5) is 26.4. The van der Waals surface area contributed by atoms with Crippen LogP contribution in [0.2, 0.25) is 0 Å². The van der Waals surface area contributed by atoms with Crippen LogP contribution in [0, 0.1) is 0 Å². The fraction of sp³-hybridized carbons (Fsp3) is 0.312. The Morgan fingerprint density at radius 2 is 1.53 bits per heavy atom. The Labute approximate surface area is 213 Å². The molecular formula is C32H33NO3. The molecule has 0 saturated carbocycles. The average molecular weight is 480 g/mol. The second-order valence-corrected chi connectivity index (χ2v) is 10.9. The number of benzene rings is 3. The minimum absolute atomic E-state index is 0.0480. The van der Waals surface area contributed by atoms with Crippen molar-refractivity contribution in [2.45, 2.75) is 63.9 Å². The van der Waals surface area contributed by atoms with E-state index in [9.17, 15) is 9.59 Å². The molecule has 2 aliphatic rings. The molecule has 1 N–H and O–H groups in total. The molecule has 0 bridgehead atoms. The molecule has 2 atom stereocenters. The molecule has 4 nitrogen and oxygen atoms in total. The minimum Gasteiger partial charge on any atom is -0.489 e. The second kappa shape index (κ2) is 9.77. The van der Waals surface area contributed by atoms with Gasteiger partial charge in [-0.05, 0) is 40.5 Å². The molecule has 1 aliphatic heterocycles. The maximum atomic E-state index is 13.6. The average Bonchev–Trinajstić information content (AvgIpc) is 2.87. The highest BCUT2D eigenvalue weighted by atomic mass is 16.5. The van der Waals surface area contributed by atoms with E-state index in [1.54, 1.807) is 0 Å². The van der Waals surface area contributed by atoms with Gasteiger partial charge in [0.2, 0.25) is 5.91 Å². The topological polar surface area (TPSA) is 55.4 Å². The van der Waals surface area contributed by atoms with E-state index in [0.29, 0.717) is 19.4 Å². The zero-order chi connectivity index (χ0) is 25.3. The van der Waals surface area contributed by atoms with Crippen LogP contribution in [0.3, 0.4) is 0 Å². The highest BCUT2D eigenvalue weighted by Crippen LogP contribution is 2.44. The lowest BCUT2D eigenvalue weighted by molar-refractivity contribution is -0.122. The fourth-order valence-electron chi connectivity index (χ4n) is 5.35. The molecule has 1 heterocycles. The number of ketones is 1. The van der Waals surface area contributed by atoms with Crippen LogP contribution in [0.5, 0.6) is 5.75 Å². The predicted molar refractivity (Wildman–Crippen MR) is 142 cm³/mol. The summed E-state index contributed by atoms with van der Waals surface area (Å²) in [5, 5.41) is 3.04. The number of carbonyl (C=O) groups excluding carboxylic acids is 2. The molecule has 0 radical (unpaired) electrons. The summed E-state index contributed by atoms with van der Waals surface area (Å²) in [6.45, 7) is 7.02. The van der Waals surface area contributed by atoms with E-state index < -0.39 is 0 Å². The first kappa shape index (κ1) is 24.1. The van der Waals surface area contributed by atoms with Crippen molar-refractivity contribution in [2.24, 2.45) is 0 Å². The Morgan fingerprint density at radius 1 is 0.833 bits per heavy atom. The highest BCUT2D eigenvalue weighted by molar-refractivity contribution is 6.02. The van der Waals surface area contributed by atoms with E-state index in [0.717, 1.165) is 33.7 Å². The molecule has 5 rings (SSSR count). The molecule has 1 aliphatic carbocycles. The number of para-hydroxylation sites is 1. The lowest BCUT2D eigenvalue weighted by Crippen LogP contribution is -2.38. The molecule has 36 heavy (non-hydrogen) atoms. The minimum atomic E-state index is -0.294. The van der Waals surface area contributed by atoms with Gasteiger partial charge in [0.25, 0.3) is 0 Å². The number of Topliss-reactive ketones (excluding diaryl/α,β-unsaturated/α-hetero) is 1. The summed E-state index contributed by atoms with van der Waals surface area (Å²) >= 11 is 0. The molecule has 4 heteroatoms. The van der Waals surface area contributed by atoms with E-state index in [-0.39, 0.29) is 35.4 Å². The van der Waals surface area contributed by atoms with E-state index in [2.05, 4.69) is 50.4 Å². The normalized spacial score (nSPS) is 20.1. The van der Waals surface area contributed by atoms with Crippen LogP contribution < -0.4 is 10.1 Å². The summed E-state index contributed by atoms with van der Waals surface area (Å²) in [5.74, 6) is 0.559. The molecular weight excluding hydrogens is 446 g/mol. The van der Waals surface area contributed by atoms with E-state index in [1.165, 1.54) is 5.56 Å². The predicted octanol–water partition coefficient (Wildman–Crippen LogP) is 6.57. The first-order valence-corrected chi connectivity index (χ1v) is 12.7. The summed E-state index contributed by atoms with van der Waals surface area (Å²) in [6.07, 6.45) is 1.36. The number of rotatable bonds is 5. The van der Waals surface area contributed by atoms with Crippen LogP contribution in [0.1, 0.15) is 74.1 Å². The Morgan fingerprint density at radius 3 is 2.25 bits per heavy atom. The fourth-order valence-corrected chi connectivity index (χ4v) is 5.35. The highest BCUT2D eigenvalue weighted by Gasteiger charge is 2.39. The van der Waals surface area contributed by atoms with Gasteiger partial charge in [-0.25, -0.2) is 0 Å². The number of hydrogen-bond acceptors (Lipinski definition) is 3. The lowest BCUT2D eigenvalue weighted by atomic mass is 9.73. The van der Waals surface area contributed by atoms with Gasteiger partial charge in [-0.15, -0.1) is 0 Å². The number of carbonyl (C=O) groups is 2. The van der Waals surface area contributed by atoms with Crippen LogP contribution in [0.4, 0.5) is 0 Å². The van der Waals surface area contributed by atoms with Gasteiger partial charge < -0.3 is 10.1 Å². The van der Waals surface area contributed by atoms with Gasteiger partial charge in [0.05, 0.1) is 0 Å². The number of hydrogen-bond donors (Lipinski definition) is 1. The van der Waals surface area contributed by atoms with Crippen LogP contribution in [0.25, 0.3) is 0 Å². The lowest BCUT2D eigenvalue weighted by Gasteiger charge is -2.35. The summed E-state index contributed by atoms with van der Waals surface area (Å²) in [7, 11) is 0. The third-order valence-electron chi connectivity index (χ3n) is 7.32. The molecule has 0 aromatic heterocycles. The van der Waals surface area contributed by atoms with E-state index >= 15 is 0 Å². The van der Waals surface area contributed by atoms with Crippen molar-refractivity contribution >= 4 is 11.7 Å². The van der Waals surface area contributed by atoms with E-state index in [4.69, 9.17) is 4.74 Å². The standard InChI is InChI=1S/C32H33NO3/c1-32(2,3)24-15-13-22(14-16-24)23-17-27-31(28(34)18-23)26(19-30(35)33-27)25-11-7-8-12-29(25)36-20-21-9-5-4-6-10-21/h4-16,23,26H,17-20H2,1-3H3,(H,33,35). The van der Waals surface area contributed by atoms with Crippen molar-refractivity contribution in [3.8, 4) is 5.75 Å². The first-order valence-electron chi connectivity index (χ1n) is 12.7. The van der Waals surface area contributed by atoms with Crippen molar-refractivity contribution in [3.05, 3.63) is 112 Å². The molecule has 184 valence electrons. The summed E-state index contributed by atoms with van der Waals surface area (Å²) in [5.41, 5.74) is 5.98. The second-order valence-electron chi connectivity index (χ2n) is 10.9. The molecule has 0 spiro atoms. The maximum absolute atomic E-state index is 13.6. The van der Waals surface area contributed by atoms with Gasteiger partial charge >= 0.3 is 0 Å². The quantitative estimate of drug-likeness (QED) is 0.450. The summed E-state index contributed by atoms with van der Waals surface area (Å²) in [6, 6.07) is 26.4. The van der Waals surface area contributed by atoms with Gasteiger partial charge in [-0.2, -0.15) is 0 Å². The van der Waals surface area contributed by atoms with Gasteiger partial charge in [0.1, 0.15) is 12.4 Å². The monoisotopic (exact) mass is 479 g/mol. The summed E-state index contributed by atoms with van der Waals surface area (Å²) < 4.78 is 6.19. The van der Waals surface area contributed by atoms with E-state index in [1.807, 2.05) is 54.6 Å². The molecule has 0 fully saturated rings. The number of allylic oxidation sites excluding steroid dienone is 2. The smallest absolute Gasteiger partial charge is 0.225 e. The van der Waals surface area contributed by atoms with Gasteiger partial charge in [0.15, 0.2) is 5.78 Å². The number of amides is 1. The molecule has 2 unspecified atom stereocenters. The van der Waals surface area contributed by atoms with Gasteiger partial charge in [-0.1, -0.05) is 93.6 Å². The Kier molecular flexibility index (Phi) is 6.53. The van der Waals surface area contributed by atoms with Crippen molar-refractivity contribution in [3.63, 3.8) is 0 Å². The Balaban J connectivity index is 1.43. The van der Waals surface area contributed by atoms with Crippen LogP contribution in [-0.4, -0.2) is 11.7 Å². The number of ether oxygens (including phenoxy) is 1. The van der Waals surface area contributed by atoms with Crippen molar-refractivity contribution in [1.82, 2.24) is 5.32 Å². The maximum Gasteiger partial charge on any atom is 0.225 e. The molecule has 3 aromatic rings. The van der Waals surface area contributed by atoms with Crippen molar-refractivity contribution in [1.29, 1.82) is 0 Å². The zero-order valence-corrected chi connectivity index (χ0v) is 21.2.